The highest BCUT2D eigenvalue weighted by atomic mass is 19.4. The molecule has 26 heavy (non-hydrogen) atoms. The van der Waals surface area contributed by atoms with Crippen LogP contribution in [0.15, 0.2) is 60.8 Å². The lowest BCUT2D eigenvalue weighted by Crippen LogP contribution is -2.21. The van der Waals surface area contributed by atoms with Gasteiger partial charge in [-0.15, -0.1) is 0 Å². The maximum absolute atomic E-state index is 13.2. The molecule has 0 bridgehead atoms. The van der Waals surface area contributed by atoms with E-state index in [4.69, 9.17) is 0 Å². The number of alkyl halides is 3. The summed E-state index contributed by atoms with van der Waals surface area (Å²) in [6.45, 7) is 0.670. The van der Waals surface area contributed by atoms with Crippen molar-refractivity contribution >= 4 is 6.08 Å². The van der Waals surface area contributed by atoms with E-state index in [2.05, 4.69) is 9.97 Å². The molecule has 0 aliphatic carbocycles. The highest BCUT2D eigenvalue weighted by Crippen LogP contribution is 2.33. The number of H-pyrrole nitrogens is 1. The van der Waals surface area contributed by atoms with Crippen molar-refractivity contribution in [1.82, 2.24) is 14.9 Å². The van der Waals surface area contributed by atoms with Crippen LogP contribution in [0.3, 0.4) is 0 Å². The Morgan fingerprint density at radius 3 is 2.50 bits per heavy atom. The Kier molecular flexibility index (Phi) is 4.03. The molecule has 3 nitrogen and oxygen atoms in total. The molecule has 1 aromatic heterocycles. The van der Waals surface area contributed by atoms with E-state index >= 15 is 0 Å². The number of aromatic nitrogens is 2. The smallest absolute Gasteiger partial charge is 0.367 e. The number of fused-ring (bicyclic) bond motifs is 1. The van der Waals surface area contributed by atoms with E-state index in [1.54, 1.807) is 12.3 Å². The second-order valence-electron chi connectivity index (χ2n) is 6.19. The summed E-state index contributed by atoms with van der Waals surface area (Å²) in [7, 11) is 0. The molecule has 0 amide bonds. The van der Waals surface area contributed by atoms with E-state index in [0.717, 1.165) is 28.8 Å². The Morgan fingerprint density at radius 1 is 1.00 bits per heavy atom. The van der Waals surface area contributed by atoms with Crippen molar-refractivity contribution in [2.75, 3.05) is 0 Å². The Labute approximate surface area is 148 Å². The number of nitrogens with zero attached hydrogens (tertiary/aromatic N) is 2. The van der Waals surface area contributed by atoms with E-state index in [9.17, 15) is 13.2 Å². The minimum Gasteiger partial charge on any atom is -0.367 e. The summed E-state index contributed by atoms with van der Waals surface area (Å²) in [4.78, 5) is 9.70. The first kappa shape index (κ1) is 16.4. The lowest BCUT2D eigenvalue weighted by atomic mass is 10.1. The van der Waals surface area contributed by atoms with Crippen molar-refractivity contribution in [3.63, 3.8) is 0 Å². The Bertz CT molecular complexity index is 942. The van der Waals surface area contributed by atoms with Crippen LogP contribution >= 0.6 is 0 Å². The van der Waals surface area contributed by atoms with Gasteiger partial charge in [-0.2, -0.15) is 13.2 Å². The Balaban J connectivity index is 1.56. The van der Waals surface area contributed by atoms with Gasteiger partial charge in [0.15, 0.2) is 0 Å². The van der Waals surface area contributed by atoms with Gasteiger partial charge in [-0.3, -0.25) is 0 Å². The highest BCUT2D eigenvalue weighted by molar-refractivity contribution is 5.60. The molecule has 4 rings (SSSR count). The van der Waals surface area contributed by atoms with E-state index in [-0.39, 0.29) is 12.1 Å². The second-order valence-corrected chi connectivity index (χ2v) is 6.19. The average molecular weight is 355 g/mol. The fraction of sp³-hybridized carbons (Fsp3) is 0.150. The number of hydrogen-bond acceptors (Lipinski definition) is 2. The van der Waals surface area contributed by atoms with E-state index < -0.39 is 11.7 Å². The number of imidazole rings is 1. The number of nitrogens with one attached hydrogen (secondary N) is 1. The fourth-order valence-electron chi connectivity index (χ4n) is 3.11. The lowest BCUT2D eigenvalue weighted by molar-refractivity contribution is -0.138. The van der Waals surface area contributed by atoms with E-state index in [1.165, 1.54) is 12.1 Å². The van der Waals surface area contributed by atoms with Gasteiger partial charge >= 0.3 is 6.18 Å². The average Bonchev–Trinajstić information content (AvgIpc) is 3.05. The van der Waals surface area contributed by atoms with Crippen LogP contribution in [-0.4, -0.2) is 14.9 Å². The van der Waals surface area contributed by atoms with E-state index in [1.807, 2.05) is 41.3 Å². The van der Waals surface area contributed by atoms with Gasteiger partial charge in [0, 0.05) is 18.3 Å². The standard InChI is InChI=1S/C20H16F3N3/c21-20(22,23)16-9-5-4-8-15(16)12-26-11-10-17-18(13-26)25-19(24-17)14-6-2-1-3-7-14/h1-11H,12-13H2,(H,24,25). The zero-order chi connectivity index (χ0) is 18.1. The summed E-state index contributed by atoms with van der Waals surface area (Å²) in [5, 5.41) is 0. The number of rotatable bonds is 3. The summed E-state index contributed by atoms with van der Waals surface area (Å²) in [5.74, 6) is 0.762. The molecule has 0 saturated heterocycles. The molecule has 0 spiro atoms. The zero-order valence-electron chi connectivity index (χ0n) is 13.8. The van der Waals surface area contributed by atoms with Gasteiger partial charge in [-0.1, -0.05) is 48.5 Å². The third kappa shape index (κ3) is 3.22. The predicted molar refractivity (Wildman–Crippen MR) is 93.7 cm³/mol. The normalized spacial score (nSPS) is 13.7. The summed E-state index contributed by atoms with van der Waals surface area (Å²) in [6.07, 6.45) is -0.723. The molecule has 2 aromatic carbocycles. The molecule has 6 heteroatoms. The number of halogens is 3. The van der Waals surface area contributed by atoms with Gasteiger partial charge in [-0.25, -0.2) is 4.98 Å². The minimum absolute atomic E-state index is 0.186. The van der Waals surface area contributed by atoms with Crippen LogP contribution in [0.25, 0.3) is 17.5 Å². The molecule has 132 valence electrons. The molecule has 2 heterocycles. The molecule has 1 aliphatic heterocycles. The molecule has 0 radical (unpaired) electrons. The van der Waals surface area contributed by atoms with Crippen LogP contribution in [0, 0.1) is 0 Å². The van der Waals surface area contributed by atoms with E-state index in [0.29, 0.717) is 6.54 Å². The van der Waals surface area contributed by atoms with Crippen LogP contribution in [0.2, 0.25) is 0 Å². The van der Waals surface area contributed by atoms with Crippen LogP contribution in [0.4, 0.5) is 13.2 Å². The van der Waals surface area contributed by atoms with Crippen molar-refractivity contribution in [2.45, 2.75) is 19.3 Å². The highest BCUT2D eigenvalue weighted by Gasteiger charge is 2.33. The molecule has 1 aliphatic rings. The zero-order valence-corrected chi connectivity index (χ0v) is 13.8. The third-order valence-electron chi connectivity index (χ3n) is 4.36. The number of aromatic amines is 1. The van der Waals surface area contributed by atoms with Crippen molar-refractivity contribution in [1.29, 1.82) is 0 Å². The third-order valence-corrected chi connectivity index (χ3v) is 4.36. The van der Waals surface area contributed by atoms with Crippen LogP contribution in [-0.2, 0) is 19.3 Å². The van der Waals surface area contributed by atoms with Crippen LogP contribution in [0.5, 0.6) is 0 Å². The van der Waals surface area contributed by atoms with Crippen molar-refractivity contribution in [2.24, 2.45) is 0 Å². The number of hydrogen-bond donors (Lipinski definition) is 1. The summed E-state index contributed by atoms with van der Waals surface area (Å²) >= 11 is 0. The SMILES string of the molecule is FC(F)(F)c1ccccc1CN1C=Cc2nc(-c3ccccc3)[nH]c2C1. The number of benzene rings is 2. The van der Waals surface area contributed by atoms with Crippen molar-refractivity contribution in [3.8, 4) is 11.4 Å². The van der Waals surface area contributed by atoms with Gasteiger partial charge < -0.3 is 9.88 Å². The molecule has 0 atom stereocenters. The summed E-state index contributed by atoms with van der Waals surface area (Å²) in [6, 6.07) is 15.4. The molecule has 0 fully saturated rings. The minimum atomic E-state index is -4.35. The first-order valence-electron chi connectivity index (χ1n) is 8.22. The van der Waals surface area contributed by atoms with Gasteiger partial charge in [0.1, 0.15) is 5.82 Å². The fourth-order valence-corrected chi connectivity index (χ4v) is 3.11. The molecule has 3 aromatic rings. The molecular weight excluding hydrogens is 339 g/mol. The Morgan fingerprint density at radius 2 is 1.73 bits per heavy atom. The Hall–Kier alpha value is -3.02. The van der Waals surface area contributed by atoms with Crippen molar-refractivity contribution in [3.05, 3.63) is 83.3 Å². The maximum Gasteiger partial charge on any atom is 0.416 e. The predicted octanol–water partition coefficient (Wildman–Crippen LogP) is 5.08. The summed E-state index contributed by atoms with van der Waals surface area (Å²) < 4.78 is 39.5. The molecule has 0 unspecified atom stereocenters. The monoisotopic (exact) mass is 355 g/mol. The first-order valence-corrected chi connectivity index (χ1v) is 8.22. The van der Waals surface area contributed by atoms with Crippen LogP contribution < -0.4 is 0 Å². The quantitative estimate of drug-likeness (QED) is 0.710. The van der Waals surface area contributed by atoms with Gasteiger partial charge in [0.05, 0.1) is 23.5 Å². The van der Waals surface area contributed by atoms with Gasteiger partial charge in [0.25, 0.3) is 0 Å². The summed E-state index contributed by atoms with van der Waals surface area (Å²) in [5.41, 5.74) is 2.37. The van der Waals surface area contributed by atoms with Crippen molar-refractivity contribution < 1.29 is 13.2 Å². The second kappa shape index (κ2) is 6.37. The molecular formula is C20H16F3N3. The largest absolute Gasteiger partial charge is 0.416 e. The van der Waals surface area contributed by atoms with Gasteiger partial charge in [-0.05, 0) is 17.7 Å². The lowest BCUT2D eigenvalue weighted by Gasteiger charge is -2.24. The topological polar surface area (TPSA) is 31.9 Å². The molecule has 1 N–H and O–H groups in total. The maximum atomic E-state index is 13.2. The first-order chi connectivity index (χ1) is 12.5. The molecule has 0 saturated carbocycles. The van der Waals surface area contributed by atoms with Gasteiger partial charge in [0.2, 0.25) is 0 Å². The van der Waals surface area contributed by atoms with Crippen LogP contribution in [0.1, 0.15) is 22.5 Å².